The Labute approximate surface area is 127 Å². The number of hydrogen-bond donors (Lipinski definition) is 0. The highest BCUT2D eigenvalue weighted by Gasteiger charge is 2.39. The minimum atomic E-state index is -3.69. The van der Waals surface area contributed by atoms with Crippen molar-refractivity contribution in [1.82, 2.24) is 4.31 Å². The van der Waals surface area contributed by atoms with Crippen molar-refractivity contribution in [2.45, 2.75) is 36.4 Å². The number of nitrogens with zero attached hydrogens (tertiary/aromatic N) is 1. The second-order valence-electron chi connectivity index (χ2n) is 4.44. The maximum absolute atomic E-state index is 12.6. The van der Waals surface area contributed by atoms with Crippen molar-refractivity contribution in [3.8, 4) is 0 Å². The Morgan fingerprint density at radius 3 is 2.85 bits per heavy atom. The largest absolute Gasteiger partial charge is 0.465 e. The molecule has 0 amide bonds. The first-order valence-electron chi connectivity index (χ1n) is 6.40. The fraction of sp³-hybridized carbons (Fsp3) is 0.583. The summed E-state index contributed by atoms with van der Waals surface area (Å²) < 4.78 is 32.0. The van der Waals surface area contributed by atoms with E-state index in [1.807, 2.05) is 0 Å². The molecule has 0 aliphatic carbocycles. The number of halogens is 1. The van der Waals surface area contributed by atoms with Gasteiger partial charge in [0.05, 0.1) is 10.9 Å². The molecule has 2 heterocycles. The number of esters is 1. The molecule has 20 heavy (non-hydrogen) atoms. The average molecular weight is 338 g/mol. The van der Waals surface area contributed by atoms with Crippen LogP contribution in [0.25, 0.3) is 0 Å². The van der Waals surface area contributed by atoms with Crippen LogP contribution in [0.2, 0.25) is 4.34 Å². The third-order valence-electron chi connectivity index (χ3n) is 3.12. The van der Waals surface area contributed by atoms with Gasteiger partial charge in [-0.15, -0.1) is 11.3 Å². The highest BCUT2D eigenvalue weighted by Crippen LogP contribution is 2.31. The van der Waals surface area contributed by atoms with Crippen molar-refractivity contribution in [1.29, 1.82) is 0 Å². The zero-order valence-electron chi connectivity index (χ0n) is 11.0. The summed E-state index contributed by atoms with van der Waals surface area (Å²) in [6.07, 6.45) is 2.06. The van der Waals surface area contributed by atoms with Crippen molar-refractivity contribution >= 4 is 38.9 Å². The van der Waals surface area contributed by atoms with E-state index in [1.165, 1.54) is 10.4 Å². The lowest BCUT2D eigenvalue weighted by Gasteiger charge is -2.32. The third kappa shape index (κ3) is 3.16. The van der Waals surface area contributed by atoms with E-state index in [0.29, 0.717) is 17.3 Å². The summed E-state index contributed by atoms with van der Waals surface area (Å²) in [6, 6.07) is 2.29. The van der Waals surface area contributed by atoms with Gasteiger partial charge in [-0.1, -0.05) is 11.6 Å². The fourth-order valence-corrected chi connectivity index (χ4v) is 5.48. The number of sulfonamides is 1. The molecule has 1 saturated heterocycles. The van der Waals surface area contributed by atoms with Crippen LogP contribution >= 0.6 is 22.9 Å². The van der Waals surface area contributed by atoms with Crippen LogP contribution in [-0.2, 0) is 19.6 Å². The van der Waals surface area contributed by atoms with Crippen LogP contribution in [0.3, 0.4) is 0 Å². The quantitative estimate of drug-likeness (QED) is 0.792. The minimum absolute atomic E-state index is 0.165. The molecule has 1 aliphatic rings. The number of ether oxygens (including phenoxy) is 1. The smallest absolute Gasteiger partial charge is 0.324 e. The van der Waals surface area contributed by atoms with Crippen molar-refractivity contribution in [2.24, 2.45) is 0 Å². The molecule has 1 atom stereocenters. The Kier molecular flexibility index (Phi) is 5.06. The predicted octanol–water partition coefficient (Wildman–Crippen LogP) is 2.51. The normalized spacial score (nSPS) is 20.8. The molecule has 5 nitrogen and oxygen atoms in total. The topological polar surface area (TPSA) is 63.7 Å². The first kappa shape index (κ1) is 15.8. The fourth-order valence-electron chi connectivity index (χ4n) is 2.22. The summed E-state index contributed by atoms with van der Waals surface area (Å²) in [5.74, 6) is -0.474. The van der Waals surface area contributed by atoms with Crippen LogP contribution in [0.4, 0.5) is 0 Å². The monoisotopic (exact) mass is 337 g/mol. The summed E-state index contributed by atoms with van der Waals surface area (Å²) in [5.41, 5.74) is 0. The molecular formula is C12H16ClNO4S2. The van der Waals surface area contributed by atoms with E-state index in [9.17, 15) is 13.2 Å². The summed E-state index contributed by atoms with van der Waals surface area (Å²) in [7, 11) is -3.69. The average Bonchev–Trinajstić information content (AvgIpc) is 2.86. The Hall–Kier alpha value is -0.630. The molecule has 0 saturated carbocycles. The van der Waals surface area contributed by atoms with Gasteiger partial charge in [0.1, 0.15) is 10.3 Å². The van der Waals surface area contributed by atoms with Crippen molar-refractivity contribution in [2.75, 3.05) is 13.2 Å². The molecular weight excluding hydrogens is 322 g/mol. The molecule has 1 fully saturated rings. The van der Waals surface area contributed by atoms with Crippen LogP contribution in [0, 0.1) is 0 Å². The molecule has 1 aliphatic heterocycles. The van der Waals surface area contributed by atoms with Crippen molar-refractivity contribution < 1.29 is 17.9 Å². The first-order chi connectivity index (χ1) is 9.46. The molecule has 0 bridgehead atoms. The van der Waals surface area contributed by atoms with E-state index in [4.69, 9.17) is 16.3 Å². The summed E-state index contributed by atoms with van der Waals surface area (Å²) in [5, 5.41) is 0. The van der Waals surface area contributed by atoms with Gasteiger partial charge >= 0.3 is 5.97 Å². The number of rotatable bonds is 4. The molecule has 0 aromatic carbocycles. The minimum Gasteiger partial charge on any atom is -0.465 e. The lowest BCUT2D eigenvalue weighted by Crippen LogP contribution is -2.48. The summed E-state index contributed by atoms with van der Waals surface area (Å²) in [6.45, 7) is 2.29. The van der Waals surface area contributed by atoms with Gasteiger partial charge in [-0.25, -0.2) is 8.42 Å². The van der Waals surface area contributed by atoms with Crippen LogP contribution < -0.4 is 0 Å². The van der Waals surface area contributed by atoms with Gasteiger partial charge in [-0.3, -0.25) is 4.79 Å². The van der Waals surface area contributed by atoms with Gasteiger partial charge in [-0.05, 0) is 38.3 Å². The number of hydrogen-bond acceptors (Lipinski definition) is 5. The van der Waals surface area contributed by atoms with Gasteiger partial charge < -0.3 is 4.74 Å². The van der Waals surface area contributed by atoms with Crippen LogP contribution in [0.1, 0.15) is 26.2 Å². The first-order valence-corrected chi connectivity index (χ1v) is 9.04. The Morgan fingerprint density at radius 1 is 1.50 bits per heavy atom. The Bertz CT molecular complexity index is 584. The van der Waals surface area contributed by atoms with Gasteiger partial charge in [0.15, 0.2) is 0 Å². The van der Waals surface area contributed by atoms with Gasteiger partial charge in [0.2, 0.25) is 0 Å². The Morgan fingerprint density at radius 2 is 2.25 bits per heavy atom. The second kappa shape index (κ2) is 6.43. The summed E-state index contributed by atoms with van der Waals surface area (Å²) >= 11 is 6.80. The van der Waals surface area contributed by atoms with E-state index in [1.54, 1.807) is 13.0 Å². The van der Waals surface area contributed by atoms with Crippen LogP contribution in [0.5, 0.6) is 0 Å². The molecule has 0 radical (unpaired) electrons. The zero-order chi connectivity index (χ0) is 14.8. The lowest BCUT2D eigenvalue weighted by atomic mass is 10.1. The molecule has 1 unspecified atom stereocenters. The number of piperidine rings is 1. The predicted molar refractivity (Wildman–Crippen MR) is 77.5 cm³/mol. The van der Waals surface area contributed by atoms with Crippen molar-refractivity contribution in [3.05, 3.63) is 16.5 Å². The molecule has 0 spiro atoms. The standard InChI is InChI=1S/C12H16ClNO4S2/c1-2-18-12(15)9-5-3-4-8-14(9)20(16,17)11-7-6-10(13)19-11/h6-7,9H,2-5,8H2,1H3. The van der Waals surface area contributed by atoms with E-state index < -0.39 is 22.0 Å². The highest BCUT2D eigenvalue weighted by atomic mass is 35.5. The maximum atomic E-state index is 12.6. The van der Waals surface area contributed by atoms with E-state index in [2.05, 4.69) is 0 Å². The maximum Gasteiger partial charge on any atom is 0.324 e. The molecule has 112 valence electrons. The van der Waals surface area contributed by atoms with Gasteiger partial charge in [0, 0.05) is 6.54 Å². The van der Waals surface area contributed by atoms with E-state index >= 15 is 0 Å². The molecule has 8 heteroatoms. The molecule has 0 N–H and O–H groups in total. The van der Waals surface area contributed by atoms with E-state index in [0.717, 1.165) is 24.2 Å². The Balaban J connectivity index is 2.29. The van der Waals surface area contributed by atoms with Crippen LogP contribution in [0.15, 0.2) is 16.3 Å². The lowest BCUT2D eigenvalue weighted by molar-refractivity contribution is -0.148. The molecule has 1 aromatic rings. The summed E-state index contributed by atoms with van der Waals surface area (Å²) in [4.78, 5) is 11.9. The molecule has 2 rings (SSSR count). The number of carbonyl (C=O) groups excluding carboxylic acids is 1. The number of carbonyl (C=O) groups is 1. The van der Waals surface area contributed by atoms with Gasteiger partial charge in [0.25, 0.3) is 10.0 Å². The van der Waals surface area contributed by atoms with Crippen LogP contribution in [-0.4, -0.2) is 37.9 Å². The third-order valence-corrected chi connectivity index (χ3v) is 6.73. The number of thiophene rings is 1. The van der Waals surface area contributed by atoms with Gasteiger partial charge in [-0.2, -0.15) is 4.31 Å². The van der Waals surface area contributed by atoms with Crippen molar-refractivity contribution in [3.63, 3.8) is 0 Å². The SMILES string of the molecule is CCOC(=O)C1CCCCN1S(=O)(=O)c1ccc(Cl)s1. The second-order valence-corrected chi connectivity index (χ2v) is 8.27. The van der Waals surface area contributed by atoms with E-state index in [-0.39, 0.29) is 10.8 Å². The molecule has 1 aromatic heterocycles. The highest BCUT2D eigenvalue weighted by molar-refractivity contribution is 7.91. The zero-order valence-corrected chi connectivity index (χ0v) is 13.4.